The van der Waals surface area contributed by atoms with Crippen molar-refractivity contribution < 1.29 is 9.53 Å². The van der Waals surface area contributed by atoms with Crippen LogP contribution in [-0.4, -0.2) is 12.6 Å². The summed E-state index contributed by atoms with van der Waals surface area (Å²) < 4.78 is 5.12. The lowest BCUT2D eigenvalue weighted by molar-refractivity contribution is -0.143. The molecule has 0 bridgehead atoms. The molecule has 0 unspecified atom stereocenters. The van der Waals surface area contributed by atoms with E-state index in [1.165, 1.54) is 32.1 Å². The van der Waals surface area contributed by atoms with Crippen molar-refractivity contribution in [1.82, 2.24) is 0 Å². The van der Waals surface area contributed by atoms with Gasteiger partial charge < -0.3 is 4.74 Å². The third-order valence-corrected chi connectivity index (χ3v) is 3.10. The van der Waals surface area contributed by atoms with E-state index >= 15 is 0 Å². The summed E-state index contributed by atoms with van der Waals surface area (Å²) in [5, 5.41) is 0. The van der Waals surface area contributed by atoms with Crippen LogP contribution in [0.4, 0.5) is 0 Å². The zero-order chi connectivity index (χ0) is 14.2. The Balaban J connectivity index is 3.13. The zero-order valence-electron chi connectivity index (χ0n) is 12.4. The summed E-state index contributed by atoms with van der Waals surface area (Å²) >= 11 is 0. The van der Waals surface area contributed by atoms with E-state index in [1.807, 2.05) is 12.2 Å². The number of esters is 1. The van der Waals surface area contributed by atoms with Crippen LogP contribution in [-0.2, 0) is 9.53 Å². The quantitative estimate of drug-likeness (QED) is 0.245. The molecule has 0 amide bonds. The van der Waals surface area contributed by atoms with E-state index in [0.29, 0.717) is 13.0 Å². The fourth-order valence-electron chi connectivity index (χ4n) is 1.93. The average Bonchev–Trinajstić information content (AvgIpc) is 2.42. The third-order valence-electron chi connectivity index (χ3n) is 3.10. The van der Waals surface area contributed by atoms with Crippen LogP contribution < -0.4 is 0 Å². The van der Waals surface area contributed by atoms with Gasteiger partial charge in [-0.3, -0.25) is 4.79 Å². The number of ether oxygens (including phenoxy) is 1. The fraction of sp³-hybridized carbons (Fsp3) is 0.706. The molecule has 0 radical (unpaired) electrons. The maximum atomic E-state index is 11.4. The van der Waals surface area contributed by atoms with E-state index in [4.69, 9.17) is 4.74 Å². The van der Waals surface area contributed by atoms with Crippen molar-refractivity contribution in [3.63, 3.8) is 0 Å². The Kier molecular flexibility index (Phi) is 14.2. The molecule has 0 saturated heterocycles. The number of hydrogen-bond donors (Lipinski definition) is 0. The first-order chi connectivity index (χ1) is 9.31. The molecule has 2 nitrogen and oxygen atoms in total. The molecule has 0 fully saturated rings. The minimum Gasteiger partial charge on any atom is -0.466 e. The van der Waals surface area contributed by atoms with E-state index in [0.717, 1.165) is 32.1 Å². The molecule has 0 atom stereocenters. The Morgan fingerprint density at radius 1 is 0.789 bits per heavy atom. The highest BCUT2D eigenvalue weighted by Gasteiger charge is 2.01. The van der Waals surface area contributed by atoms with Crippen LogP contribution in [0.15, 0.2) is 25.3 Å². The Bertz CT molecular complexity index is 233. The Labute approximate surface area is 118 Å². The zero-order valence-corrected chi connectivity index (χ0v) is 12.4. The molecule has 0 aliphatic heterocycles. The van der Waals surface area contributed by atoms with Crippen molar-refractivity contribution in [2.45, 2.75) is 70.6 Å². The van der Waals surface area contributed by atoms with Gasteiger partial charge in [0.1, 0.15) is 0 Å². The second-order valence-corrected chi connectivity index (χ2v) is 4.95. The first-order valence-corrected chi connectivity index (χ1v) is 7.68. The molecule has 2 heteroatoms. The molecule has 0 saturated carbocycles. The van der Waals surface area contributed by atoms with Gasteiger partial charge in [-0.1, -0.05) is 44.3 Å². The van der Waals surface area contributed by atoms with Gasteiger partial charge in [0.2, 0.25) is 0 Å². The predicted octanol–water partition coefficient (Wildman–Crippen LogP) is 5.19. The van der Waals surface area contributed by atoms with Crippen molar-refractivity contribution in [3.05, 3.63) is 25.3 Å². The lowest BCUT2D eigenvalue weighted by atomic mass is 10.1. The maximum absolute atomic E-state index is 11.4. The minimum atomic E-state index is -0.0463. The summed E-state index contributed by atoms with van der Waals surface area (Å²) in [7, 11) is 0. The summed E-state index contributed by atoms with van der Waals surface area (Å²) in [6, 6.07) is 0. The standard InChI is InChI=1S/C17H30O2/c1-3-5-7-8-9-10-11-12-13-15-17(18)19-16-14-6-4-2/h3-4H,1-2,5-16H2. The number of allylic oxidation sites excluding steroid dienone is 2. The van der Waals surface area contributed by atoms with Gasteiger partial charge in [-0.05, 0) is 32.1 Å². The van der Waals surface area contributed by atoms with Crippen LogP contribution in [0.3, 0.4) is 0 Å². The van der Waals surface area contributed by atoms with Gasteiger partial charge in [-0.15, -0.1) is 13.2 Å². The van der Waals surface area contributed by atoms with Crippen molar-refractivity contribution in [2.75, 3.05) is 6.61 Å². The summed E-state index contributed by atoms with van der Waals surface area (Å²) in [4.78, 5) is 11.4. The van der Waals surface area contributed by atoms with Gasteiger partial charge in [0.15, 0.2) is 0 Å². The molecule has 0 aromatic carbocycles. The number of unbranched alkanes of at least 4 members (excludes halogenated alkanes) is 8. The smallest absolute Gasteiger partial charge is 0.305 e. The number of hydrogen-bond acceptors (Lipinski definition) is 2. The predicted molar refractivity (Wildman–Crippen MR) is 82.1 cm³/mol. The van der Waals surface area contributed by atoms with Crippen LogP contribution in [0.2, 0.25) is 0 Å². The fourth-order valence-corrected chi connectivity index (χ4v) is 1.93. The molecule has 0 N–H and O–H groups in total. The molecular weight excluding hydrogens is 236 g/mol. The van der Waals surface area contributed by atoms with Gasteiger partial charge in [0, 0.05) is 6.42 Å². The lowest BCUT2D eigenvalue weighted by Gasteiger charge is -2.04. The van der Waals surface area contributed by atoms with Gasteiger partial charge >= 0.3 is 5.97 Å². The molecule has 110 valence electrons. The molecular formula is C17H30O2. The topological polar surface area (TPSA) is 26.3 Å². The highest BCUT2D eigenvalue weighted by molar-refractivity contribution is 5.69. The summed E-state index contributed by atoms with van der Waals surface area (Å²) in [5.74, 6) is -0.0463. The van der Waals surface area contributed by atoms with Crippen molar-refractivity contribution in [2.24, 2.45) is 0 Å². The van der Waals surface area contributed by atoms with Crippen molar-refractivity contribution in [1.29, 1.82) is 0 Å². The SMILES string of the molecule is C=CCCCCCCCCCC(=O)OCCCC=C. The molecule has 0 aromatic rings. The Hall–Kier alpha value is -1.05. The van der Waals surface area contributed by atoms with Crippen LogP contribution in [0.5, 0.6) is 0 Å². The summed E-state index contributed by atoms with van der Waals surface area (Å²) in [6.07, 6.45) is 15.8. The Morgan fingerprint density at radius 3 is 1.95 bits per heavy atom. The van der Waals surface area contributed by atoms with E-state index in [9.17, 15) is 4.79 Å². The molecule has 0 aliphatic rings. The molecule has 19 heavy (non-hydrogen) atoms. The second kappa shape index (κ2) is 15.0. The minimum absolute atomic E-state index is 0.0463. The highest BCUT2D eigenvalue weighted by atomic mass is 16.5. The van der Waals surface area contributed by atoms with Crippen LogP contribution in [0.1, 0.15) is 70.6 Å². The first kappa shape index (κ1) is 17.9. The van der Waals surface area contributed by atoms with E-state index < -0.39 is 0 Å². The van der Waals surface area contributed by atoms with Crippen LogP contribution in [0.25, 0.3) is 0 Å². The maximum Gasteiger partial charge on any atom is 0.305 e. The summed E-state index contributed by atoms with van der Waals surface area (Å²) in [6.45, 7) is 7.89. The van der Waals surface area contributed by atoms with Gasteiger partial charge in [0.25, 0.3) is 0 Å². The van der Waals surface area contributed by atoms with Crippen molar-refractivity contribution in [3.8, 4) is 0 Å². The number of rotatable bonds is 14. The van der Waals surface area contributed by atoms with E-state index in [-0.39, 0.29) is 5.97 Å². The molecule has 0 aromatic heterocycles. The number of carbonyl (C=O) groups excluding carboxylic acids is 1. The lowest BCUT2D eigenvalue weighted by Crippen LogP contribution is -2.05. The van der Waals surface area contributed by atoms with E-state index in [1.54, 1.807) is 0 Å². The molecule has 0 spiro atoms. The normalized spacial score (nSPS) is 10.1. The monoisotopic (exact) mass is 266 g/mol. The molecule has 0 aliphatic carbocycles. The van der Waals surface area contributed by atoms with Gasteiger partial charge in [0.05, 0.1) is 6.61 Å². The summed E-state index contributed by atoms with van der Waals surface area (Å²) in [5.41, 5.74) is 0. The van der Waals surface area contributed by atoms with E-state index in [2.05, 4.69) is 13.2 Å². The Morgan fingerprint density at radius 2 is 1.32 bits per heavy atom. The third kappa shape index (κ3) is 14.9. The highest BCUT2D eigenvalue weighted by Crippen LogP contribution is 2.10. The van der Waals surface area contributed by atoms with Crippen LogP contribution in [0, 0.1) is 0 Å². The van der Waals surface area contributed by atoms with Crippen LogP contribution >= 0.6 is 0 Å². The second-order valence-electron chi connectivity index (χ2n) is 4.95. The van der Waals surface area contributed by atoms with Crippen molar-refractivity contribution >= 4 is 5.97 Å². The average molecular weight is 266 g/mol. The first-order valence-electron chi connectivity index (χ1n) is 7.68. The van der Waals surface area contributed by atoms with Gasteiger partial charge in [-0.2, -0.15) is 0 Å². The largest absolute Gasteiger partial charge is 0.466 e. The molecule has 0 rings (SSSR count). The number of carbonyl (C=O) groups is 1. The van der Waals surface area contributed by atoms with Gasteiger partial charge in [-0.25, -0.2) is 0 Å². The molecule has 0 heterocycles.